The molecule has 3 aromatic rings. The predicted molar refractivity (Wildman–Crippen MR) is 95.0 cm³/mol. The summed E-state index contributed by atoms with van der Waals surface area (Å²) in [6.07, 6.45) is -2.81. The lowest BCUT2D eigenvalue weighted by atomic mass is 10.1. The Balaban J connectivity index is 1.33. The number of carbonyl (C=O) groups excluding carboxylic acids is 1. The first-order chi connectivity index (χ1) is 13.9. The van der Waals surface area contributed by atoms with Crippen LogP contribution in [-0.4, -0.2) is 45.1 Å². The van der Waals surface area contributed by atoms with E-state index in [0.717, 1.165) is 17.6 Å². The third-order valence-corrected chi connectivity index (χ3v) is 4.76. The van der Waals surface area contributed by atoms with Gasteiger partial charge in [-0.25, -0.2) is 4.98 Å². The standard InChI is InChI=1S/C19H17F3N4O3/c20-19(21,22)16-5-8-23-18(24-16)28-12-6-9-26(10-7-12)17(27)11-14-13-3-1-2-4-15(13)29-25-14/h1-5,8,12H,6-7,9-11H2. The van der Waals surface area contributed by atoms with Gasteiger partial charge in [0.15, 0.2) is 11.3 Å². The molecule has 1 saturated heterocycles. The van der Waals surface area contributed by atoms with Gasteiger partial charge in [-0.2, -0.15) is 18.2 Å². The number of alkyl halides is 3. The second-order valence-electron chi connectivity index (χ2n) is 6.72. The molecule has 0 atom stereocenters. The maximum atomic E-state index is 12.7. The summed E-state index contributed by atoms with van der Waals surface area (Å²) in [5, 5.41) is 4.78. The summed E-state index contributed by atoms with van der Waals surface area (Å²) in [6.45, 7) is 0.858. The van der Waals surface area contributed by atoms with Gasteiger partial charge in [0.25, 0.3) is 0 Å². The van der Waals surface area contributed by atoms with Gasteiger partial charge in [-0.15, -0.1) is 0 Å². The van der Waals surface area contributed by atoms with E-state index < -0.39 is 11.9 Å². The minimum absolute atomic E-state index is 0.0854. The average Bonchev–Trinajstić information content (AvgIpc) is 3.11. The summed E-state index contributed by atoms with van der Waals surface area (Å²) in [5.74, 6) is -0.0854. The van der Waals surface area contributed by atoms with Crippen LogP contribution in [0.5, 0.6) is 6.01 Å². The fraction of sp³-hybridized carbons (Fsp3) is 0.368. The van der Waals surface area contributed by atoms with E-state index in [1.54, 1.807) is 11.0 Å². The number of piperidine rings is 1. The molecule has 1 fully saturated rings. The molecule has 29 heavy (non-hydrogen) atoms. The van der Waals surface area contributed by atoms with E-state index in [0.29, 0.717) is 37.2 Å². The van der Waals surface area contributed by atoms with Crippen LogP contribution in [0.15, 0.2) is 41.1 Å². The van der Waals surface area contributed by atoms with Crippen molar-refractivity contribution in [2.24, 2.45) is 0 Å². The molecular formula is C19H17F3N4O3. The zero-order valence-corrected chi connectivity index (χ0v) is 15.2. The van der Waals surface area contributed by atoms with E-state index in [9.17, 15) is 18.0 Å². The van der Waals surface area contributed by atoms with Crippen LogP contribution in [0, 0.1) is 0 Å². The maximum Gasteiger partial charge on any atom is 0.433 e. The normalized spacial score (nSPS) is 15.6. The number of carbonyl (C=O) groups is 1. The lowest BCUT2D eigenvalue weighted by Gasteiger charge is -2.31. The van der Waals surface area contributed by atoms with Gasteiger partial charge in [-0.3, -0.25) is 4.79 Å². The Morgan fingerprint density at radius 1 is 1.21 bits per heavy atom. The minimum Gasteiger partial charge on any atom is -0.460 e. The molecule has 152 valence electrons. The Morgan fingerprint density at radius 3 is 2.72 bits per heavy atom. The zero-order chi connectivity index (χ0) is 20.4. The van der Waals surface area contributed by atoms with Crippen LogP contribution in [0.2, 0.25) is 0 Å². The van der Waals surface area contributed by atoms with E-state index in [1.165, 1.54) is 0 Å². The molecule has 1 aromatic carbocycles. The second-order valence-corrected chi connectivity index (χ2v) is 6.72. The molecule has 1 aliphatic heterocycles. The molecule has 0 spiro atoms. The number of rotatable bonds is 4. The van der Waals surface area contributed by atoms with Crippen LogP contribution in [0.1, 0.15) is 24.2 Å². The largest absolute Gasteiger partial charge is 0.460 e. The Morgan fingerprint density at radius 2 is 1.97 bits per heavy atom. The monoisotopic (exact) mass is 406 g/mol. The van der Waals surface area contributed by atoms with Gasteiger partial charge in [-0.05, 0) is 18.2 Å². The molecule has 0 radical (unpaired) electrons. The van der Waals surface area contributed by atoms with Gasteiger partial charge in [0.2, 0.25) is 5.91 Å². The topological polar surface area (TPSA) is 81.4 Å². The van der Waals surface area contributed by atoms with Crippen LogP contribution >= 0.6 is 0 Å². The quantitative estimate of drug-likeness (QED) is 0.662. The number of benzene rings is 1. The van der Waals surface area contributed by atoms with Crippen LogP contribution in [-0.2, 0) is 17.4 Å². The smallest absolute Gasteiger partial charge is 0.433 e. The molecule has 0 N–H and O–H groups in total. The minimum atomic E-state index is -4.55. The fourth-order valence-electron chi connectivity index (χ4n) is 3.25. The molecule has 1 aliphatic rings. The number of fused-ring (bicyclic) bond motifs is 1. The highest BCUT2D eigenvalue weighted by Crippen LogP contribution is 2.28. The fourth-order valence-corrected chi connectivity index (χ4v) is 3.25. The van der Waals surface area contributed by atoms with Crippen molar-refractivity contribution in [1.29, 1.82) is 0 Å². The molecule has 2 aromatic heterocycles. The van der Waals surface area contributed by atoms with Gasteiger partial charge >= 0.3 is 12.2 Å². The first kappa shape index (κ1) is 19.2. The summed E-state index contributed by atoms with van der Waals surface area (Å²) < 4.78 is 48.9. The van der Waals surface area contributed by atoms with Gasteiger partial charge in [0, 0.05) is 37.5 Å². The number of aromatic nitrogens is 3. The van der Waals surface area contributed by atoms with E-state index in [1.807, 2.05) is 18.2 Å². The number of amides is 1. The summed E-state index contributed by atoms with van der Waals surface area (Å²) in [7, 11) is 0. The highest BCUT2D eigenvalue weighted by atomic mass is 19.4. The molecule has 7 nitrogen and oxygen atoms in total. The molecule has 1 amide bonds. The van der Waals surface area contributed by atoms with Crippen molar-refractivity contribution in [2.45, 2.75) is 31.5 Å². The van der Waals surface area contributed by atoms with Gasteiger partial charge in [-0.1, -0.05) is 17.3 Å². The van der Waals surface area contributed by atoms with Crippen molar-refractivity contribution in [2.75, 3.05) is 13.1 Å². The molecule has 0 bridgehead atoms. The number of para-hydroxylation sites is 1. The van der Waals surface area contributed by atoms with Crippen molar-refractivity contribution in [3.8, 4) is 6.01 Å². The SMILES string of the molecule is O=C(Cc1noc2ccccc12)N1CCC(Oc2nccc(C(F)(F)F)n2)CC1. The van der Waals surface area contributed by atoms with Crippen molar-refractivity contribution >= 4 is 16.9 Å². The average molecular weight is 406 g/mol. The summed E-state index contributed by atoms with van der Waals surface area (Å²) >= 11 is 0. The van der Waals surface area contributed by atoms with Crippen molar-refractivity contribution in [1.82, 2.24) is 20.0 Å². The van der Waals surface area contributed by atoms with Crippen molar-refractivity contribution in [3.63, 3.8) is 0 Å². The molecule has 0 aliphatic carbocycles. The van der Waals surface area contributed by atoms with Crippen LogP contribution in [0.3, 0.4) is 0 Å². The third-order valence-electron chi connectivity index (χ3n) is 4.76. The van der Waals surface area contributed by atoms with Gasteiger partial charge in [0.05, 0.1) is 6.42 Å². The number of likely N-dealkylation sites (tertiary alicyclic amines) is 1. The lowest BCUT2D eigenvalue weighted by molar-refractivity contribution is -0.141. The number of halogens is 3. The molecule has 0 unspecified atom stereocenters. The number of nitrogens with zero attached hydrogens (tertiary/aromatic N) is 4. The van der Waals surface area contributed by atoms with Crippen LogP contribution < -0.4 is 4.74 Å². The number of ether oxygens (including phenoxy) is 1. The first-order valence-electron chi connectivity index (χ1n) is 9.08. The molecule has 0 saturated carbocycles. The molecule has 4 rings (SSSR count). The Kier molecular flexibility index (Phi) is 5.08. The summed E-state index contributed by atoms with van der Waals surface area (Å²) in [4.78, 5) is 21.4. The Labute approximate surface area is 163 Å². The summed E-state index contributed by atoms with van der Waals surface area (Å²) in [6, 6.07) is 7.81. The van der Waals surface area contributed by atoms with Gasteiger partial charge < -0.3 is 14.2 Å². The summed E-state index contributed by atoms with van der Waals surface area (Å²) in [5.41, 5.74) is 0.166. The van der Waals surface area contributed by atoms with Crippen LogP contribution in [0.25, 0.3) is 11.0 Å². The third kappa shape index (κ3) is 4.30. The Bertz CT molecular complexity index is 1010. The molecule has 10 heteroatoms. The van der Waals surface area contributed by atoms with E-state index in [2.05, 4.69) is 15.1 Å². The van der Waals surface area contributed by atoms with E-state index in [4.69, 9.17) is 9.26 Å². The van der Waals surface area contributed by atoms with Crippen molar-refractivity contribution in [3.05, 3.63) is 47.9 Å². The zero-order valence-electron chi connectivity index (χ0n) is 15.2. The number of hydrogen-bond donors (Lipinski definition) is 0. The van der Waals surface area contributed by atoms with E-state index >= 15 is 0 Å². The highest BCUT2D eigenvalue weighted by Gasteiger charge is 2.33. The first-order valence-corrected chi connectivity index (χ1v) is 9.08. The van der Waals surface area contributed by atoms with Crippen LogP contribution in [0.4, 0.5) is 13.2 Å². The number of hydrogen-bond acceptors (Lipinski definition) is 6. The maximum absolute atomic E-state index is 12.7. The molecular weight excluding hydrogens is 389 g/mol. The molecule has 3 heterocycles. The van der Waals surface area contributed by atoms with Crippen molar-refractivity contribution < 1.29 is 27.2 Å². The van der Waals surface area contributed by atoms with E-state index in [-0.39, 0.29) is 24.4 Å². The Hall–Kier alpha value is -3.17. The lowest BCUT2D eigenvalue weighted by Crippen LogP contribution is -2.42. The highest BCUT2D eigenvalue weighted by molar-refractivity contribution is 5.86. The predicted octanol–water partition coefficient (Wildman–Crippen LogP) is 3.25. The second kappa shape index (κ2) is 7.69. The van der Waals surface area contributed by atoms with Gasteiger partial charge in [0.1, 0.15) is 11.8 Å².